The molecule has 102 valence electrons. The van der Waals surface area contributed by atoms with E-state index in [9.17, 15) is 8.60 Å². The van der Waals surface area contributed by atoms with Crippen molar-refractivity contribution in [3.05, 3.63) is 30.1 Å². The van der Waals surface area contributed by atoms with Gasteiger partial charge in [0.2, 0.25) is 0 Å². The molecule has 0 aliphatic rings. The predicted molar refractivity (Wildman–Crippen MR) is 74.7 cm³/mol. The lowest BCUT2D eigenvalue weighted by Crippen LogP contribution is -2.34. The number of halogens is 1. The van der Waals surface area contributed by atoms with E-state index >= 15 is 0 Å². The number of rotatable bonds is 8. The molecular formula is C14H22FNOS. The Morgan fingerprint density at radius 3 is 2.44 bits per heavy atom. The minimum atomic E-state index is -1.06. The molecule has 2 atom stereocenters. The molecular weight excluding hydrogens is 249 g/mol. The summed E-state index contributed by atoms with van der Waals surface area (Å²) in [5.41, 5.74) is 0. The molecule has 0 aliphatic carbocycles. The van der Waals surface area contributed by atoms with Gasteiger partial charge in [-0.1, -0.05) is 20.3 Å². The summed E-state index contributed by atoms with van der Waals surface area (Å²) < 4.78 is 24.9. The van der Waals surface area contributed by atoms with Gasteiger partial charge >= 0.3 is 0 Å². The van der Waals surface area contributed by atoms with Crippen molar-refractivity contribution in [2.24, 2.45) is 0 Å². The first-order valence-electron chi connectivity index (χ1n) is 6.54. The Morgan fingerprint density at radius 2 is 1.89 bits per heavy atom. The summed E-state index contributed by atoms with van der Waals surface area (Å²) in [6.45, 7) is 5.19. The molecule has 1 N–H and O–H groups in total. The van der Waals surface area contributed by atoms with Gasteiger partial charge in [-0.05, 0) is 43.7 Å². The second-order valence-corrected chi connectivity index (χ2v) is 5.90. The lowest BCUT2D eigenvalue weighted by molar-refractivity contribution is 0.510. The van der Waals surface area contributed by atoms with E-state index in [4.69, 9.17) is 0 Å². The maximum atomic E-state index is 12.8. The van der Waals surface area contributed by atoms with Crippen LogP contribution in [0.5, 0.6) is 0 Å². The Balaban J connectivity index is 2.56. The molecule has 0 heterocycles. The van der Waals surface area contributed by atoms with Crippen molar-refractivity contribution in [1.29, 1.82) is 0 Å². The fraction of sp³-hybridized carbons (Fsp3) is 0.571. The molecule has 1 aromatic carbocycles. The van der Waals surface area contributed by atoms with Crippen LogP contribution in [-0.4, -0.2) is 22.5 Å². The van der Waals surface area contributed by atoms with E-state index in [2.05, 4.69) is 19.2 Å². The molecule has 0 bridgehead atoms. The molecule has 0 spiro atoms. The maximum Gasteiger partial charge on any atom is 0.123 e. The number of nitrogens with one attached hydrogen (secondary N) is 1. The van der Waals surface area contributed by atoms with Crippen LogP contribution < -0.4 is 5.32 Å². The van der Waals surface area contributed by atoms with Gasteiger partial charge in [0.1, 0.15) is 5.82 Å². The van der Waals surface area contributed by atoms with Crippen LogP contribution in [0.25, 0.3) is 0 Å². The van der Waals surface area contributed by atoms with Crippen LogP contribution in [0.3, 0.4) is 0 Å². The van der Waals surface area contributed by atoms with E-state index in [1.165, 1.54) is 12.1 Å². The zero-order chi connectivity index (χ0) is 13.4. The predicted octanol–water partition coefficient (Wildman–Crippen LogP) is 3.10. The van der Waals surface area contributed by atoms with Gasteiger partial charge in [-0.15, -0.1) is 0 Å². The third-order valence-electron chi connectivity index (χ3n) is 2.75. The highest BCUT2D eigenvalue weighted by Crippen LogP contribution is 2.10. The van der Waals surface area contributed by atoms with Crippen molar-refractivity contribution in [3.8, 4) is 0 Å². The molecule has 0 saturated heterocycles. The maximum absolute atomic E-state index is 12.8. The molecule has 1 aromatic rings. The van der Waals surface area contributed by atoms with Gasteiger partial charge in [-0.25, -0.2) is 4.39 Å². The van der Waals surface area contributed by atoms with Crippen molar-refractivity contribution >= 4 is 10.8 Å². The van der Waals surface area contributed by atoms with Gasteiger partial charge in [0.05, 0.1) is 10.8 Å². The molecule has 0 amide bonds. The van der Waals surface area contributed by atoms with Crippen LogP contribution in [0.15, 0.2) is 29.2 Å². The zero-order valence-corrected chi connectivity index (χ0v) is 11.9. The Bertz CT molecular complexity index is 367. The summed E-state index contributed by atoms with van der Waals surface area (Å²) in [7, 11) is -1.06. The monoisotopic (exact) mass is 271 g/mol. The Labute approximate surface area is 111 Å². The molecule has 0 saturated carbocycles. The summed E-state index contributed by atoms with van der Waals surface area (Å²) in [6, 6.07) is 6.21. The minimum Gasteiger partial charge on any atom is -0.313 e. The molecule has 0 aromatic heterocycles. The van der Waals surface area contributed by atoms with Crippen LogP contribution in [0.2, 0.25) is 0 Å². The second-order valence-electron chi connectivity index (χ2n) is 4.41. The summed E-state index contributed by atoms with van der Waals surface area (Å²) in [4.78, 5) is 0.704. The molecule has 0 radical (unpaired) electrons. The first-order valence-corrected chi connectivity index (χ1v) is 7.86. The fourth-order valence-electron chi connectivity index (χ4n) is 1.81. The minimum absolute atomic E-state index is 0.279. The number of hydrogen-bond acceptors (Lipinski definition) is 2. The van der Waals surface area contributed by atoms with Crippen molar-refractivity contribution in [1.82, 2.24) is 5.32 Å². The Kier molecular flexibility index (Phi) is 7.13. The SMILES string of the molecule is CCCNC(CCC)CS(=O)c1ccc(F)cc1. The molecule has 0 aliphatic heterocycles. The van der Waals surface area contributed by atoms with Crippen molar-refractivity contribution < 1.29 is 8.60 Å². The Hall–Kier alpha value is -0.740. The average Bonchev–Trinajstić information content (AvgIpc) is 2.37. The first-order chi connectivity index (χ1) is 8.67. The van der Waals surface area contributed by atoms with Crippen LogP contribution in [0, 0.1) is 5.82 Å². The normalized spacial score (nSPS) is 14.4. The number of benzene rings is 1. The first kappa shape index (κ1) is 15.3. The van der Waals surface area contributed by atoms with E-state index in [-0.39, 0.29) is 11.9 Å². The molecule has 18 heavy (non-hydrogen) atoms. The molecule has 2 unspecified atom stereocenters. The smallest absolute Gasteiger partial charge is 0.123 e. The van der Waals surface area contributed by atoms with E-state index < -0.39 is 10.8 Å². The molecule has 4 heteroatoms. The summed E-state index contributed by atoms with van der Waals surface area (Å²) in [5, 5.41) is 3.42. The quantitative estimate of drug-likeness (QED) is 0.787. The van der Waals surface area contributed by atoms with Crippen molar-refractivity contribution in [2.45, 2.75) is 44.0 Å². The lowest BCUT2D eigenvalue weighted by Gasteiger charge is -2.17. The molecule has 2 nitrogen and oxygen atoms in total. The molecule has 0 fully saturated rings. The third-order valence-corrected chi connectivity index (χ3v) is 4.25. The van der Waals surface area contributed by atoms with Crippen LogP contribution in [-0.2, 0) is 10.8 Å². The highest BCUT2D eigenvalue weighted by atomic mass is 32.2. The van der Waals surface area contributed by atoms with Gasteiger partial charge in [0.25, 0.3) is 0 Å². The van der Waals surface area contributed by atoms with Gasteiger partial charge in [0, 0.05) is 16.7 Å². The highest BCUT2D eigenvalue weighted by molar-refractivity contribution is 7.85. The second kappa shape index (κ2) is 8.38. The van der Waals surface area contributed by atoms with Crippen molar-refractivity contribution in [3.63, 3.8) is 0 Å². The van der Waals surface area contributed by atoms with E-state index in [1.807, 2.05) is 0 Å². The topological polar surface area (TPSA) is 29.1 Å². The van der Waals surface area contributed by atoms with E-state index in [0.717, 1.165) is 25.8 Å². The Morgan fingerprint density at radius 1 is 1.22 bits per heavy atom. The lowest BCUT2D eigenvalue weighted by atomic mass is 10.2. The van der Waals surface area contributed by atoms with E-state index in [1.54, 1.807) is 12.1 Å². The third kappa shape index (κ3) is 5.27. The largest absolute Gasteiger partial charge is 0.313 e. The van der Waals surface area contributed by atoms with Gasteiger partial charge in [-0.2, -0.15) is 0 Å². The van der Waals surface area contributed by atoms with Crippen LogP contribution in [0.1, 0.15) is 33.1 Å². The zero-order valence-electron chi connectivity index (χ0n) is 11.1. The number of hydrogen-bond donors (Lipinski definition) is 1. The highest BCUT2D eigenvalue weighted by Gasteiger charge is 2.12. The van der Waals surface area contributed by atoms with Gasteiger partial charge in [0.15, 0.2) is 0 Å². The summed E-state index contributed by atoms with van der Waals surface area (Å²) in [6.07, 6.45) is 3.17. The van der Waals surface area contributed by atoms with E-state index in [0.29, 0.717) is 10.6 Å². The summed E-state index contributed by atoms with van der Waals surface area (Å²) >= 11 is 0. The molecule has 1 rings (SSSR count). The van der Waals surface area contributed by atoms with Gasteiger partial charge in [-0.3, -0.25) is 4.21 Å². The fourth-order valence-corrected chi connectivity index (χ4v) is 3.09. The van der Waals surface area contributed by atoms with Crippen LogP contribution >= 0.6 is 0 Å². The van der Waals surface area contributed by atoms with Gasteiger partial charge < -0.3 is 5.32 Å². The average molecular weight is 271 g/mol. The van der Waals surface area contributed by atoms with Crippen LogP contribution in [0.4, 0.5) is 4.39 Å². The summed E-state index contributed by atoms with van der Waals surface area (Å²) in [5.74, 6) is 0.310. The standard InChI is InChI=1S/C14H22FNOS/c1-3-5-13(16-10-4-2)11-18(17)14-8-6-12(15)7-9-14/h6-9,13,16H,3-5,10-11H2,1-2H3. The van der Waals surface area contributed by atoms with Crippen molar-refractivity contribution in [2.75, 3.05) is 12.3 Å².